The zero-order chi connectivity index (χ0) is 25.2. The van der Waals surface area contributed by atoms with Gasteiger partial charge in [-0.05, 0) is 54.8 Å². The van der Waals surface area contributed by atoms with Gasteiger partial charge in [0.15, 0.2) is 0 Å². The van der Waals surface area contributed by atoms with Crippen molar-refractivity contribution in [3.05, 3.63) is 95.6 Å². The largest absolute Gasteiger partial charge is 0.376 e. The van der Waals surface area contributed by atoms with Crippen molar-refractivity contribution < 1.29 is 14.4 Å². The molecule has 0 aromatic heterocycles. The Morgan fingerprint density at radius 1 is 0.857 bits per heavy atom. The Kier molecular flexibility index (Phi) is 9.01. The third-order valence-corrected chi connectivity index (χ3v) is 5.56. The van der Waals surface area contributed by atoms with Crippen LogP contribution in [0.2, 0.25) is 0 Å². The number of anilines is 2. The van der Waals surface area contributed by atoms with Crippen molar-refractivity contribution in [2.45, 2.75) is 25.8 Å². The van der Waals surface area contributed by atoms with Gasteiger partial charge < -0.3 is 20.9 Å². The first-order valence-corrected chi connectivity index (χ1v) is 11.6. The standard InChI is InChI=1S/C28H32N4O3/c1-20(22-10-5-4-6-11-22)30-28(35)23-12-8-13-24(18-23)29-19-26(33)31-25-14-7-9-21(17-25)15-16-27(34)32(2)3/h4-14,17-18,20,29H,15-16,19H2,1-3H3,(H,30,35)(H,31,33). The van der Waals surface area contributed by atoms with Crippen molar-refractivity contribution >= 4 is 29.1 Å². The second-order valence-corrected chi connectivity index (χ2v) is 8.58. The summed E-state index contributed by atoms with van der Waals surface area (Å²) in [6.45, 7) is 1.99. The van der Waals surface area contributed by atoms with E-state index in [1.165, 1.54) is 0 Å². The lowest BCUT2D eigenvalue weighted by molar-refractivity contribution is -0.128. The Hall–Kier alpha value is -4.13. The van der Waals surface area contributed by atoms with Crippen LogP contribution in [0.4, 0.5) is 11.4 Å². The highest BCUT2D eigenvalue weighted by molar-refractivity contribution is 5.96. The highest BCUT2D eigenvalue weighted by Crippen LogP contribution is 2.16. The van der Waals surface area contributed by atoms with Gasteiger partial charge in [-0.15, -0.1) is 0 Å². The Labute approximate surface area is 206 Å². The fourth-order valence-electron chi connectivity index (χ4n) is 3.54. The predicted molar refractivity (Wildman–Crippen MR) is 139 cm³/mol. The van der Waals surface area contributed by atoms with E-state index in [1.54, 1.807) is 37.2 Å². The second-order valence-electron chi connectivity index (χ2n) is 8.58. The molecular weight excluding hydrogens is 440 g/mol. The van der Waals surface area contributed by atoms with Crippen LogP contribution in [0.3, 0.4) is 0 Å². The van der Waals surface area contributed by atoms with Gasteiger partial charge in [-0.25, -0.2) is 0 Å². The van der Waals surface area contributed by atoms with Crippen LogP contribution in [-0.4, -0.2) is 43.3 Å². The number of amides is 3. The molecule has 0 aliphatic heterocycles. The molecule has 0 radical (unpaired) electrons. The number of rotatable bonds is 10. The molecule has 7 heteroatoms. The number of aryl methyl sites for hydroxylation is 1. The summed E-state index contributed by atoms with van der Waals surface area (Å²) in [5.74, 6) is -0.327. The Morgan fingerprint density at radius 2 is 1.57 bits per heavy atom. The van der Waals surface area contributed by atoms with E-state index in [9.17, 15) is 14.4 Å². The zero-order valence-electron chi connectivity index (χ0n) is 20.4. The number of carbonyl (C=O) groups excluding carboxylic acids is 3. The van der Waals surface area contributed by atoms with Gasteiger partial charge in [0.2, 0.25) is 11.8 Å². The summed E-state index contributed by atoms with van der Waals surface area (Å²) in [5.41, 5.74) is 3.87. The predicted octanol–water partition coefficient (Wildman–Crippen LogP) is 4.25. The lowest BCUT2D eigenvalue weighted by atomic mass is 10.1. The maximum absolute atomic E-state index is 12.7. The van der Waals surface area contributed by atoms with Crippen LogP contribution in [0.25, 0.3) is 0 Å². The van der Waals surface area contributed by atoms with Crippen molar-refractivity contribution in [2.24, 2.45) is 0 Å². The van der Waals surface area contributed by atoms with Gasteiger partial charge in [0, 0.05) is 37.5 Å². The number of nitrogens with one attached hydrogen (secondary N) is 3. The van der Waals surface area contributed by atoms with Crippen LogP contribution in [0.5, 0.6) is 0 Å². The molecule has 7 nitrogen and oxygen atoms in total. The molecule has 0 aliphatic carbocycles. The van der Waals surface area contributed by atoms with E-state index in [2.05, 4.69) is 16.0 Å². The van der Waals surface area contributed by atoms with E-state index < -0.39 is 0 Å². The third kappa shape index (κ3) is 7.99. The van der Waals surface area contributed by atoms with Crippen molar-refractivity contribution in [3.8, 4) is 0 Å². The molecule has 3 amide bonds. The van der Waals surface area contributed by atoms with Gasteiger partial charge in [-0.2, -0.15) is 0 Å². The van der Waals surface area contributed by atoms with Crippen molar-refractivity contribution in [2.75, 3.05) is 31.3 Å². The van der Waals surface area contributed by atoms with Crippen molar-refractivity contribution in [1.29, 1.82) is 0 Å². The number of benzene rings is 3. The molecule has 0 heterocycles. The first-order valence-electron chi connectivity index (χ1n) is 11.6. The first kappa shape index (κ1) is 25.5. The number of nitrogens with zero attached hydrogens (tertiary/aromatic N) is 1. The van der Waals surface area contributed by atoms with Crippen molar-refractivity contribution in [1.82, 2.24) is 10.2 Å². The average Bonchev–Trinajstić information content (AvgIpc) is 2.86. The summed E-state index contributed by atoms with van der Waals surface area (Å²) >= 11 is 0. The summed E-state index contributed by atoms with van der Waals surface area (Å²) < 4.78 is 0. The molecule has 35 heavy (non-hydrogen) atoms. The molecular formula is C28H32N4O3. The van der Waals surface area contributed by atoms with Gasteiger partial charge in [-0.3, -0.25) is 14.4 Å². The smallest absolute Gasteiger partial charge is 0.251 e. The van der Waals surface area contributed by atoms with Crippen LogP contribution in [0, 0.1) is 0 Å². The lowest BCUT2D eigenvalue weighted by Crippen LogP contribution is -2.26. The van der Waals surface area contributed by atoms with E-state index >= 15 is 0 Å². The summed E-state index contributed by atoms with van der Waals surface area (Å²) in [6.07, 6.45) is 1.02. The van der Waals surface area contributed by atoms with Crippen LogP contribution >= 0.6 is 0 Å². The minimum atomic E-state index is -0.209. The molecule has 182 valence electrons. The molecule has 0 spiro atoms. The Bertz CT molecular complexity index is 1160. The molecule has 0 fully saturated rings. The van der Waals surface area contributed by atoms with E-state index in [1.807, 2.05) is 67.6 Å². The molecule has 0 aliphatic rings. The Balaban J connectivity index is 1.51. The van der Waals surface area contributed by atoms with Gasteiger partial charge >= 0.3 is 0 Å². The molecule has 0 bridgehead atoms. The van der Waals surface area contributed by atoms with E-state index in [4.69, 9.17) is 0 Å². The summed E-state index contributed by atoms with van der Waals surface area (Å²) in [5, 5.41) is 8.93. The quantitative estimate of drug-likeness (QED) is 0.412. The van der Waals surface area contributed by atoms with Crippen LogP contribution in [-0.2, 0) is 16.0 Å². The molecule has 3 N–H and O–H groups in total. The fourth-order valence-corrected chi connectivity index (χ4v) is 3.54. The molecule has 3 aromatic rings. The first-order chi connectivity index (χ1) is 16.8. The molecule has 1 atom stereocenters. The normalized spacial score (nSPS) is 11.3. The Morgan fingerprint density at radius 3 is 2.31 bits per heavy atom. The zero-order valence-corrected chi connectivity index (χ0v) is 20.4. The highest BCUT2D eigenvalue weighted by Gasteiger charge is 2.12. The van der Waals surface area contributed by atoms with E-state index in [0.717, 1.165) is 11.1 Å². The van der Waals surface area contributed by atoms with E-state index in [-0.39, 0.29) is 30.3 Å². The summed E-state index contributed by atoms with van der Waals surface area (Å²) in [4.78, 5) is 38.5. The SMILES string of the molecule is CC(NC(=O)c1cccc(NCC(=O)Nc2cccc(CCC(=O)N(C)C)c2)c1)c1ccccc1. The average molecular weight is 473 g/mol. The summed E-state index contributed by atoms with van der Waals surface area (Å²) in [7, 11) is 3.47. The molecule has 3 aromatic carbocycles. The minimum Gasteiger partial charge on any atom is -0.376 e. The number of carbonyl (C=O) groups is 3. The molecule has 0 saturated carbocycles. The monoisotopic (exact) mass is 472 g/mol. The van der Waals surface area contributed by atoms with Crippen molar-refractivity contribution in [3.63, 3.8) is 0 Å². The van der Waals surface area contributed by atoms with Gasteiger partial charge in [0.25, 0.3) is 5.91 Å². The fraction of sp³-hybridized carbons (Fsp3) is 0.250. The van der Waals surface area contributed by atoms with Gasteiger partial charge in [0.05, 0.1) is 12.6 Å². The maximum atomic E-state index is 12.7. The minimum absolute atomic E-state index is 0.0504. The summed E-state index contributed by atoms with van der Waals surface area (Å²) in [6, 6.07) is 24.2. The van der Waals surface area contributed by atoms with Crippen LogP contribution in [0.15, 0.2) is 78.9 Å². The third-order valence-electron chi connectivity index (χ3n) is 5.56. The topological polar surface area (TPSA) is 90.5 Å². The number of hydrogen-bond donors (Lipinski definition) is 3. The van der Waals surface area contributed by atoms with E-state index in [0.29, 0.717) is 29.8 Å². The second kappa shape index (κ2) is 12.4. The molecule has 0 saturated heterocycles. The lowest BCUT2D eigenvalue weighted by Gasteiger charge is -2.15. The van der Waals surface area contributed by atoms with Crippen LogP contribution in [0.1, 0.15) is 40.9 Å². The van der Waals surface area contributed by atoms with Gasteiger partial charge in [0.1, 0.15) is 0 Å². The highest BCUT2D eigenvalue weighted by atomic mass is 16.2. The molecule has 3 rings (SSSR count). The molecule has 1 unspecified atom stereocenters. The number of hydrogen-bond acceptors (Lipinski definition) is 4. The van der Waals surface area contributed by atoms with Crippen LogP contribution < -0.4 is 16.0 Å². The maximum Gasteiger partial charge on any atom is 0.251 e. The van der Waals surface area contributed by atoms with Gasteiger partial charge in [-0.1, -0.05) is 48.5 Å².